The molecular formula is C8H16ClNO2S. The van der Waals surface area contributed by atoms with Gasteiger partial charge in [-0.25, -0.2) is 8.42 Å². The lowest BCUT2D eigenvalue weighted by atomic mass is 9.95. The molecule has 2 atom stereocenters. The number of nitrogens with zero attached hydrogens (tertiary/aromatic N) is 1. The molecule has 2 unspecified atom stereocenters. The van der Waals surface area contributed by atoms with E-state index in [1.165, 1.54) is 4.31 Å². The lowest BCUT2D eigenvalue weighted by Gasteiger charge is -2.34. The molecule has 0 saturated carbocycles. The van der Waals surface area contributed by atoms with Gasteiger partial charge in [-0.05, 0) is 25.7 Å². The fraction of sp³-hybridized carbons (Fsp3) is 1.00. The van der Waals surface area contributed by atoms with Crippen LogP contribution in [0.2, 0.25) is 0 Å². The van der Waals surface area contributed by atoms with E-state index >= 15 is 0 Å². The van der Waals surface area contributed by atoms with Gasteiger partial charge in [0, 0.05) is 12.6 Å². The maximum absolute atomic E-state index is 11.5. The molecule has 13 heavy (non-hydrogen) atoms. The average molecular weight is 226 g/mol. The fourth-order valence-corrected chi connectivity index (χ4v) is 3.38. The van der Waals surface area contributed by atoms with Crippen LogP contribution in [0.3, 0.4) is 0 Å². The van der Waals surface area contributed by atoms with Crippen LogP contribution in [-0.2, 0) is 10.0 Å². The normalized spacial score (nSPS) is 31.9. The number of piperidine rings is 1. The third-order valence-corrected chi connectivity index (χ3v) is 4.93. The number of hydrogen-bond donors (Lipinski definition) is 0. The topological polar surface area (TPSA) is 37.4 Å². The number of sulfonamides is 1. The third-order valence-electron chi connectivity index (χ3n) is 2.57. The summed E-state index contributed by atoms with van der Waals surface area (Å²) in [6.07, 6.45) is 1.89. The molecule has 0 N–H and O–H groups in total. The highest BCUT2D eigenvalue weighted by molar-refractivity contribution is 7.90. The van der Waals surface area contributed by atoms with Crippen LogP contribution in [0, 0.1) is 5.92 Å². The Morgan fingerprint density at radius 2 is 2.08 bits per heavy atom. The Morgan fingerprint density at radius 1 is 1.46 bits per heavy atom. The second-order valence-corrected chi connectivity index (χ2v) is 6.32. The predicted molar refractivity (Wildman–Crippen MR) is 54.2 cm³/mol. The van der Waals surface area contributed by atoms with Crippen molar-refractivity contribution in [3.8, 4) is 0 Å². The Kier molecular flexibility index (Phi) is 3.60. The van der Waals surface area contributed by atoms with Crippen molar-refractivity contribution < 1.29 is 8.42 Å². The Hall–Kier alpha value is 0.200. The molecule has 1 fully saturated rings. The summed E-state index contributed by atoms with van der Waals surface area (Å²) in [5, 5.41) is -0.300. The molecule has 0 radical (unpaired) electrons. The monoisotopic (exact) mass is 225 g/mol. The van der Waals surface area contributed by atoms with Gasteiger partial charge in [0.15, 0.2) is 0 Å². The van der Waals surface area contributed by atoms with Crippen molar-refractivity contribution in [2.75, 3.05) is 11.8 Å². The van der Waals surface area contributed by atoms with E-state index in [0.29, 0.717) is 12.5 Å². The van der Waals surface area contributed by atoms with Gasteiger partial charge in [-0.1, -0.05) is 6.92 Å². The minimum Gasteiger partial charge on any atom is -0.211 e. The van der Waals surface area contributed by atoms with Gasteiger partial charge < -0.3 is 0 Å². The molecule has 0 aromatic heterocycles. The summed E-state index contributed by atoms with van der Waals surface area (Å²) in [6.45, 7) is 4.72. The number of alkyl halides is 1. The van der Waals surface area contributed by atoms with E-state index in [9.17, 15) is 8.42 Å². The zero-order valence-corrected chi connectivity index (χ0v) is 9.61. The van der Waals surface area contributed by atoms with E-state index in [1.54, 1.807) is 0 Å². The standard InChI is InChI=1S/C8H16ClNO2S/c1-7-3-4-10(8(2)5-7)13(11,12)6-9/h7-8H,3-6H2,1-2H3. The summed E-state index contributed by atoms with van der Waals surface area (Å²) in [5.41, 5.74) is 0. The van der Waals surface area contributed by atoms with Crippen LogP contribution in [-0.4, -0.2) is 30.5 Å². The van der Waals surface area contributed by atoms with Crippen molar-refractivity contribution in [3.05, 3.63) is 0 Å². The first-order valence-corrected chi connectivity index (χ1v) is 6.67. The van der Waals surface area contributed by atoms with Crippen molar-refractivity contribution in [2.45, 2.75) is 32.7 Å². The van der Waals surface area contributed by atoms with Gasteiger partial charge >= 0.3 is 0 Å². The summed E-state index contributed by atoms with van der Waals surface area (Å²) in [5.74, 6) is 0.622. The lowest BCUT2D eigenvalue weighted by Crippen LogP contribution is -2.44. The Bertz CT molecular complexity index is 265. The van der Waals surface area contributed by atoms with E-state index in [-0.39, 0.29) is 11.3 Å². The first kappa shape index (κ1) is 11.3. The molecule has 5 heteroatoms. The van der Waals surface area contributed by atoms with Gasteiger partial charge in [-0.15, -0.1) is 11.6 Å². The van der Waals surface area contributed by atoms with Crippen LogP contribution in [0.1, 0.15) is 26.7 Å². The van der Waals surface area contributed by atoms with Gasteiger partial charge in [0.05, 0.1) is 0 Å². The lowest BCUT2D eigenvalue weighted by molar-refractivity contribution is 0.221. The van der Waals surface area contributed by atoms with E-state index in [1.807, 2.05) is 6.92 Å². The molecule has 0 aliphatic carbocycles. The van der Waals surface area contributed by atoms with Gasteiger partial charge in [0.2, 0.25) is 10.0 Å². The highest BCUT2D eigenvalue weighted by Gasteiger charge is 2.31. The highest BCUT2D eigenvalue weighted by Crippen LogP contribution is 2.24. The van der Waals surface area contributed by atoms with Gasteiger partial charge in [-0.3, -0.25) is 0 Å². The van der Waals surface area contributed by atoms with Gasteiger partial charge in [0.1, 0.15) is 5.21 Å². The largest absolute Gasteiger partial charge is 0.228 e. The fourth-order valence-electron chi connectivity index (χ4n) is 1.86. The zero-order chi connectivity index (χ0) is 10.1. The summed E-state index contributed by atoms with van der Waals surface area (Å²) in [7, 11) is -3.20. The van der Waals surface area contributed by atoms with Gasteiger partial charge in [-0.2, -0.15) is 4.31 Å². The Morgan fingerprint density at radius 3 is 2.54 bits per heavy atom. The average Bonchev–Trinajstić information content (AvgIpc) is 2.03. The zero-order valence-electron chi connectivity index (χ0n) is 8.03. The van der Waals surface area contributed by atoms with Crippen LogP contribution in [0.4, 0.5) is 0 Å². The Labute approximate surface area is 85.1 Å². The van der Waals surface area contributed by atoms with Crippen molar-refractivity contribution in [3.63, 3.8) is 0 Å². The third kappa shape index (κ3) is 2.58. The summed E-state index contributed by atoms with van der Waals surface area (Å²) in [6, 6.07) is 0.104. The van der Waals surface area contributed by atoms with Gasteiger partial charge in [0.25, 0.3) is 0 Å². The van der Waals surface area contributed by atoms with E-state index in [4.69, 9.17) is 11.6 Å². The summed E-state index contributed by atoms with van der Waals surface area (Å²) in [4.78, 5) is 0. The van der Waals surface area contributed by atoms with E-state index in [2.05, 4.69) is 6.92 Å². The van der Waals surface area contributed by atoms with Crippen molar-refractivity contribution >= 4 is 21.6 Å². The predicted octanol–water partition coefficient (Wildman–Crippen LogP) is 1.63. The first-order chi connectivity index (χ1) is 5.97. The number of halogens is 1. The minimum absolute atomic E-state index is 0.104. The van der Waals surface area contributed by atoms with Crippen LogP contribution in [0.25, 0.3) is 0 Å². The quantitative estimate of drug-likeness (QED) is 0.670. The molecule has 3 nitrogen and oxygen atoms in total. The SMILES string of the molecule is CC1CCN(S(=O)(=O)CCl)C(C)C1. The molecule has 0 amide bonds. The molecule has 0 spiro atoms. The van der Waals surface area contributed by atoms with Crippen LogP contribution in [0.15, 0.2) is 0 Å². The molecule has 1 heterocycles. The smallest absolute Gasteiger partial charge is 0.211 e. The molecule has 1 rings (SSSR count). The maximum Gasteiger partial charge on any atom is 0.228 e. The van der Waals surface area contributed by atoms with E-state index < -0.39 is 10.0 Å². The molecule has 1 aliphatic heterocycles. The molecule has 0 bridgehead atoms. The van der Waals surface area contributed by atoms with Crippen LogP contribution < -0.4 is 0 Å². The molecule has 0 aromatic rings. The van der Waals surface area contributed by atoms with Crippen LogP contribution in [0.5, 0.6) is 0 Å². The maximum atomic E-state index is 11.5. The van der Waals surface area contributed by atoms with Crippen molar-refractivity contribution in [2.24, 2.45) is 5.92 Å². The van der Waals surface area contributed by atoms with Crippen LogP contribution >= 0.6 is 11.6 Å². The molecule has 1 saturated heterocycles. The highest BCUT2D eigenvalue weighted by atomic mass is 35.5. The molecular weight excluding hydrogens is 210 g/mol. The summed E-state index contributed by atoms with van der Waals surface area (Å²) < 4.78 is 24.5. The first-order valence-electron chi connectivity index (χ1n) is 4.53. The van der Waals surface area contributed by atoms with Crippen molar-refractivity contribution in [1.82, 2.24) is 4.31 Å². The van der Waals surface area contributed by atoms with Crippen molar-refractivity contribution in [1.29, 1.82) is 0 Å². The molecule has 78 valence electrons. The minimum atomic E-state index is -3.20. The number of rotatable bonds is 2. The van der Waals surface area contributed by atoms with E-state index in [0.717, 1.165) is 12.8 Å². The summed E-state index contributed by atoms with van der Waals surface area (Å²) >= 11 is 5.40. The number of hydrogen-bond acceptors (Lipinski definition) is 2. The second kappa shape index (κ2) is 4.15. The Balaban J connectivity index is 2.72. The molecule has 0 aromatic carbocycles. The second-order valence-electron chi connectivity index (χ2n) is 3.81. The molecule has 1 aliphatic rings.